The first-order valence-corrected chi connectivity index (χ1v) is 11.5. The van der Waals surface area contributed by atoms with Crippen LogP contribution >= 0.6 is 0 Å². The molecule has 0 fully saturated rings. The van der Waals surface area contributed by atoms with Crippen molar-refractivity contribution in [2.75, 3.05) is 25.1 Å². The second-order valence-corrected chi connectivity index (χ2v) is 8.77. The summed E-state index contributed by atoms with van der Waals surface area (Å²) in [6.45, 7) is -0.532. The van der Waals surface area contributed by atoms with E-state index in [2.05, 4.69) is 15.3 Å². The van der Waals surface area contributed by atoms with Gasteiger partial charge in [0.05, 0.1) is 36.6 Å². The van der Waals surface area contributed by atoms with Crippen molar-refractivity contribution >= 4 is 33.8 Å². The molecule has 0 aliphatic heterocycles. The van der Waals surface area contributed by atoms with E-state index in [1.165, 1.54) is 32.6 Å². The van der Waals surface area contributed by atoms with Crippen LogP contribution in [-0.4, -0.2) is 47.3 Å². The molecule has 0 saturated heterocycles. The van der Waals surface area contributed by atoms with E-state index < -0.39 is 28.4 Å². The number of amides is 1. The molecule has 0 aliphatic carbocycles. The number of carbonyl (C=O) groups is 2. The lowest BCUT2D eigenvalue weighted by atomic mass is 10.1. The highest BCUT2D eigenvalue weighted by molar-refractivity contribution is 7.92. The van der Waals surface area contributed by atoms with E-state index >= 15 is 0 Å². The third-order valence-corrected chi connectivity index (χ3v) is 6.48. The van der Waals surface area contributed by atoms with Gasteiger partial charge in [-0.05, 0) is 42.0 Å². The molecule has 0 bridgehead atoms. The predicted octanol–water partition coefficient (Wildman–Crippen LogP) is 2.83. The van der Waals surface area contributed by atoms with Crippen LogP contribution in [0.25, 0.3) is 0 Å². The van der Waals surface area contributed by atoms with E-state index in [9.17, 15) is 18.0 Å². The highest BCUT2D eigenvalue weighted by atomic mass is 32.2. The van der Waals surface area contributed by atoms with E-state index in [-0.39, 0.29) is 10.6 Å². The Morgan fingerprint density at radius 1 is 0.941 bits per heavy atom. The second kappa shape index (κ2) is 11.1. The van der Waals surface area contributed by atoms with Crippen LogP contribution in [0.2, 0.25) is 0 Å². The molecule has 9 nitrogen and oxygen atoms in total. The van der Waals surface area contributed by atoms with Crippen molar-refractivity contribution in [3.63, 3.8) is 0 Å². The summed E-state index contributed by atoms with van der Waals surface area (Å²) in [5.74, 6) is -0.829. The fraction of sp³-hybridized carbons (Fsp3) is 0.125. The summed E-state index contributed by atoms with van der Waals surface area (Å²) in [7, 11) is -1.37. The number of methoxy groups -OCH3 is 2. The minimum Gasteiger partial charge on any atom is -0.495 e. The molecule has 0 aromatic heterocycles. The fourth-order valence-corrected chi connectivity index (χ4v) is 4.48. The second-order valence-electron chi connectivity index (χ2n) is 6.90. The number of carbonyl (C=O) groups excluding carboxylic acids is 2. The molecule has 3 aromatic carbocycles. The standard InChI is InChI=1S/C24H23N3O6S/c1-32-22-11-7-6-10-21(22)27(34(30,31)20-8-4-3-5-9-20)17-23(28)26-25-16-18-12-14-19(15-13-18)24(29)33-2/h3-16H,17H2,1-2H3,(H,26,28)/b25-16-. The van der Waals surface area contributed by atoms with Gasteiger partial charge in [-0.1, -0.05) is 42.5 Å². The lowest BCUT2D eigenvalue weighted by molar-refractivity contribution is -0.119. The molecule has 3 aromatic rings. The van der Waals surface area contributed by atoms with Crippen LogP contribution in [0.5, 0.6) is 5.75 Å². The first-order valence-electron chi connectivity index (χ1n) is 10.1. The Morgan fingerprint density at radius 3 is 2.24 bits per heavy atom. The van der Waals surface area contributed by atoms with Crippen molar-refractivity contribution in [1.82, 2.24) is 5.43 Å². The van der Waals surface area contributed by atoms with Crippen LogP contribution in [0.15, 0.2) is 88.9 Å². The number of hydrazone groups is 1. The number of benzene rings is 3. The number of rotatable bonds is 9. The fourth-order valence-electron chi connectivity index (χ4n) is 3.02. The zero-order chi connectivity index (χ0) is 24.6. The number of esters is 1. The number of para-hydroxylation sites is 2. The van der Waals surface area contributed by atoms with E-state index in [4.69, 9.17) is 4.74 Å². The number of nitrogens with one attached hydrogen (secondary N) is 1. The smallest absolute Gasteiger partial charge is 0.337 e. The molecular formula is C24H23N3O6S. The molecule has 1 amide bonds. The van der Waals surface area contributed by atoms with Gasteiger partial charge < -0.3 is 9.47 Å². The van der Waals surface area contributed by atoms with Gasteiger partial charge in [-0.25, -0.2) is 18.6 Å². The zero-order valence-corrected chi connectivity index (χ0v) is 19.4. The SMILES string of the molecule is COC(=O)c1ccc(/C=N\NC(=O)CN(c2ccccc2OC)S(=O)(=O)c2ccccc2)cc1. The van der Waals surface area contributed by atoms with Gasteiger partial charge >= 0.3 is 5.97 Å². The zero-order valence-electron chi connectivity index (χ0n) is 18.5. The highest BCUT2D eigenvalue weighted by Gasteiger charge is 2.29. The molecule has 3 rings (SSSR count). The van der Waals surface area contributed by atoms with Crippen LogP contribution in [-0.2, 0) is 19.6 Å². The molecule has 0 heterocycles. The van der Waals surface area contributed by atoms with Crippen LogP contribution < -0.4 is 14.5 Å². The van der Waals surface area contributed by atoms with Gasteiger partial charge in [0.1, 0.15) is 12.3 Å². The number of ether oxygens (including phenoxy) is 2. The molecule has 0 radical (unpaired) electrons. The molecule has 0 unspecified atom stereocenters. The Labute approximate surface area is 197 Å². The molecule has 0 saturated carbocycles. The molecule has 1 N–H and O–H groups in total. The number of hydrogen-bond acceptors (Lipinski definition) is 7. The average molecular weight is 482 g/mol. The Morgan fingerprint density at radius 2 is 1.59 bits per heavy atom. The lowest BCUT2D eigenvalue weighted by Gasteiger charge is -2.25. The molecule has 176 valence electrons. The van der Waals surface area contributed by atoms with Crippen molar-refractivity contribution in [2.45, 2.75) is 4.90 Å². The summed E-state index contributed by atoms with van der Waals surface area (Å²) in [5, 5.41) is 3.89. The van der Waals surface area contributed by atoms with E-state index in [0.717, 1.165) is 4.31 Å². The van der Waals surface area contributed by atoms with E-state index in [0.29, 0.717) is 16.9 Å². The maximum Gasteiger partial charge on any atom is 0.337 e. The first kappa shape index (κ1) is 24.5. The molecule has 0 aliphatic rings. The largest absolute Gasteiger partial charge is 0.495 e. The van der Waals surface area contributed by atoms with Crippen LogP contribution in [0.4, 0.5) is 5.69 Å². The van der Waals surface area contributed by atoms with Crippen molar-refractivity contribution in [2.24, 2.45) is 5.10 Å². The van der Waals surface area contributed by atoms with Crippen LogP contribution in [0.3, 0.4) is 0 Å². The average Bonchev–Trinajstić information content (AvgIpc) is 2.87. The number of sulfonamides is 1. The Balaban J connectivity index is 1.80. The van der Waals surface area contributed by atoms with Crippen molar-refractivity contribution in [3.05, 3.63) is 90.0 Å². The van der Waals surface area contributed by atoms with Crippen LogP contribution in [0, 0.1) is 0 Å². The minimum atomic E-state index is -4.08. The summed E-state index contributed by atoms with van der Waals surface area (Å²) in [6.07, 6.45) is 1.37. The summed E-state index contributed by atoms with van der Waals surface area (Å²) in [5.41, 5.74) is 3.54. The molecular weight excluding hydrogens is 458 g/mol. The van der Waals surface area contributed by atoms with Crippen LogP contribution in [0.1, 0.15) is 15.9 Å². The molecule has 0 spiro atoms. The van der Waals surface area contributed by atoms with Gasteiger partial charge in [-0.15, -0.1) is 0 Å². The maximum atomic E-state index is 13.4. The van der Waals surface area contributed by atoms with Crippen molar-refractivity contribution < 1.29 is 27.5 Å². The summed E-state index contributed by atoms with van der Waals surface area (Å²) >= 11 is 0. The predicted molar refractivity (Wildman–Crippen MR) is 127 cm³/mol. The van der Waals surface area contributed by atoms with Crippen molar-refractivity contribution in [3.8, 4) is 5.75 Å². The molecule has 10 heteroatoms. The first-order chi connectivity index (χ1) is 16.4. The number of nitrogens with zero attached hydrogens (tertiary/aromatic N) is 2. The highest BCUT2D eigenvalue weighted by Crippen LogP contribution is 2.31. The van der Waals surface area contributed by atoms with Gasteiger partial charge in [0.25, 0.3) is 15.9 Å². The van der Waals surface area contributed by atoms with E-state index in [1.54, 1.807) is 66.7 Å². The van der Waals surface area contributed by atoms with Gasteiger partial charge in [-0.3, -0.25) is 9.10 Å². The van der Waals surface area contributed by atoms with Crippen molar-refractivity contribution in [1.29, 1.82) is 0 Å². The summed E-state index contributed by atoms with van der Waals surface area (Å²) in [4.78, 5) is 24.2. The van der Waals surface area contributed by atoms with Gasteiger partial charge in [-0.2, -0.15) is 5.10 Å². The normalized spacial score (nSPS) is 11.1. The van der Waals surface area contributed by atoms with Gasteiger partial charge in [0.15, 0.2) is 0 Å². The third-order valence-electron chi connectivity index (χ3n) is 4.71. The third kappa shape index (κ3) is 5.78. The molecule has 34 heavy (non-hydrogen) atoms. The monoisotopic (exact) mass is 481 g/mol. The van der Waals surface area contributed by atoms with Gasteiger partial charge in [0, 0.05) is 0 Å². The Kier molecular flexibility index (Phi) is 7.99. The summed E-state index contributed by atoms with van der Waals surface area (Å²) in [6, 6.07) is 20.7. The number of hydrogen-bond donors (Lipinski definition) is 1. The lowest BCUT2D eigenvalue weighted by Crippen LogP contribution is -2.39. The summed E-state index contributed by atoms with van der Waals surface area (Å²) < 4.78 is 37.6. The Bertz CT molecular complexity index is 1280. The van der Waals surface area contributed by atoms with Gasteiger partial charge in [0.2, 0.25) is 0 Å². The van der Waals surface area contributed by atoms with E-state index in [1.807, 2.05) is 0 Å². The number of anilines is 1. The molecule has 0 atom stereocenters. The topological polar surface area (TPSA) is 114 Å². The maximum absolute atomic E-state index is 13.4. The minimum absolute atomic E-state index is 0.0305. The quantitative estimate of drug-likeness (QED) is 0.286. The Hall–Kier alpha value is -4.18.